The van der Waals surface area contributed by atoms with Gasteiger partial charge < -0.3 is 10.2 Å². The van der Waals surface area contributed by atoms with Crippen molar-refractivity contribution in [2.75, 3.05) is 17.9 Å². The molecule has 0 saturated heterocycles. The fourth-order valence-electron chi connectivity index (χ4n) is 3.51. The lowest BCUT2D eigenvalue weighted by atomic mass is 10.1. The van der Waals surface area contributed by atoms with E-state index in [0.29, 0.717) is 10.6 Å². The summed E-state index contributed by atoms with van der Waals surface area (Å²) in [5.74, 6) is -0.976. The highest BCUT2D eigenvalue weighted by atomic mass is 35.5. The number of hydrogen-bond acceptors (Lipinski definition) is 4. The van der Waals surface area contributed by atoms with Gasteiger partial charge in [-0.2, -0.15) is 0 Å². The van der Waals surface area contributed by atoms with Crippen LogP contribution in [0.5, 0.6) is 0 Å². The summed E-state index contributed by atoms with van der Waals surface area (Å²) < 4.78 is 28.2. The third-order valence-corrected chi connectivity index (χ3v) is 7.72. The number of nitrogens with zero attached hydrogens (tertiary/aromatic N) is 2. The summed E-state index contributed by atoms with van der Waals surface area (Å²) >= 11 is 12.5. The van der Waals surface area contributed by atoms with Gasteiger partial charge in [-0.15, -0.1) is 0 Å². The number of amides is 2. The van der Waals surface area contributed by atoms with Gasteiger partial charge in [0, 0.05) is 18.6 Å². The van der Waals surface area contributed by atoms with E-state index in [-0.39, 0.29) is 22.2 Å². The Hall–Kier alpha value is -3.07. The summed E-state index contributed by atoms with van der Waals surface area (Å²) in [5.41, 5.74) is 0.846. The van der Waals surface area contributed by atoms with Crippen LogP contribution in [0.25, 0.3) is 0 Å². The summed E-state index contributed by atoms with van der Waals surface area (Å²) in [6, 6.07) is 20.2. The van der Waals surface area contributed by atoms with Crippen LogP contribution in [-0.2, 0) is 26.2 Å². The summed E-state index contributed by atoms with van der Waals surface area (Å²) in [6.07, 6.45) is 0. The van der Waals surface area contributed by atoms with Crippen molar-refractivity contribution in [3.63, 3.8) is 0 Å². The van der Waals surface area contributed by atoms with Gasteiger partial charge in [-0.3, -0.25) is 13.9 Å². The largest absolute Gasteiger partial charge is 0.357 e. The average molecular weight is 534 g/mol. The molecule has 0 bridgehead atoms. The van der Waals surface area contributed by atoms with Crippen molar-refractivity contribution >= 4 is 50.7 Å². The molecular weight excluding hydrogens is 509 g/mol. The summed E-state index contributed by atoms with van der Waals surface area (Å²) in [7, 11) is -2.69. The molecule has 0 unspecified atom stereocenters. The van der Waals surface area contributed by atoms with Crippen LogP contribution in [0.15, 0.2) is 83.8 Å². The van der Waals surface area contributed by atoms with E-state index in [2.05, 4.69) is 5.32 Å². The summed E-state index contributed by atoms with van der Waals surface area (Å²) in [6.45, 7) is 1.06. The number of halogens is 2. The molecule has 0 aliphatic heterocycles. The van der Waals surface area contributed by atoms with E-state index in [9.17, 15) is 18.0 Å². The van der Waals surface area contributed by atoms with Crippen LogP contribution < -0.4 is 9.62 Å². The van der Waals surface area contributed by atoms with E-state index in [1.54, 1.807) is 67.6 Å². The first-order chi connectivity index (χ1) is 16.6. The van der Waals surface area contributed by atoms with Gasteiger partial charge >= 0.3 is 0 Å². The zero-order valence-corrected chi connectivity index (χ0v) is 21.5. The molecule has 0 heterocycles. The van der Waals surface area contributed by atoms with E-state index in [4.69, 9.17) is 23.2 Å². The van der Waals surface area contributed by atoms with Crippen LogP contribution in [0.3, 0.4) is 0 Å². The second kappa shape index (κ2) is 11.6. The highest BCUT2D eigenvalue weighted by Crippen LogP contribution is 2.30. The molecule has 0 fully saturated rings. The Morgan fingerprint density at radius 1 is 0.943 bits per heavy atom. The molecular formula is C25H25Cl2N3O4S. The highest BCUT2D eigenvalue weighted by molar-refractivity contribution is 7.92. The molecule has 0 aromatic heterocycles. The van der Waals surface area contributed by atoms with Crippen molar-refractivity contribution in [1.29, 1.82) is 0 Å². The fraction of sp³-hybridized carbons (Fsp3) is 0.200. The Morgan fingerprint density at radius 3 is 2.23 bits per heavy atom. The zero-order chi connectivity index (χ0) is 25.6. The number of carbonyl (C=O) groups is 2. The molecule has 0 saturated carbocycles. The number of nitrogens with one attached hydrogen (secondary N) is 1. The molecule has 2 amide bonds. The molecule has 3 aromatic carbocycles. The second-order valence-corrected chi connectivity index (χ2v) is 10.4. The number of hydrogen-bond donors (Lipinski definition) is 1. The van der Waals surface area contributed by atoms with Gasteiger partial charge in [-0.25, -0.2) is 8.42 Å². The third-order valence-electron chi connectivity index (χ3n) is 5.39. The molecule has 7 nitrogen and oxygen atoms in total. The molecule has 0 aliphatic rings. The van der Waals surface area contributed by atoms with Crippen molar-refractivity contribution in [2.45, 2.75) is 24.4 Å². The molecule has 3 aromatic rings. The minimum Gasteiger partial charge on any atom is -0.357 e. The van der Waals surface area contributed by atoms with Crippen LogP contribution in [-0.4, -0.2) is 44.8 Å². The number of likely N-dealkylation sites (N-methyl/N-ethyl adjacent to an activating group) is 1. The van der Waals surface area contributed by atoms with Crippen molar-refractivity contribution in [2.24, 2.45) is 0 Å². The number of carbonyl (C=O) groups excluding carboxylic acids is 2. The van der Waals surface area contributed by atoms with Crippen LogP contribution >= 0.6 is 23.2 Å². The lowest BCUT2D eigenvalue weighted by Crippen LogP contribution is -2.50. The number of para-hydroxylation sites is 1. The maximum atomic E-state index is 13.6. The fourth-order valence-corrected chi connectivity index (χ4v) is 5.47. The predicted molar refractivity (Wildman–Crippen MR) is 138 cm³/mol. The molecule has 3 rings (SSSR count). The topological polar surface area (TPSA) is 86.8 Å². The van der Waals surface area contributed by atoms with Crippen molar-refractivity contribution in [1.82, 2.24) is 10.2 Å². The molecule has 0 aliphatic carbocycles. The quantitative estimate of drug-likeness (QED) is 0.442. The van der Waals surface area contributed by atoms with Crippen molar-refractivity contribution in [3.05, 3.63) is 94.5 Å². The normalized spacial score (nSPS) is 12.0. The van der Waals surface area contributed by atoms with Gasteiger partial charge in [0.05, 0.1) is 15.6 Å². The zero-order valence-electron chi connectivity index (χ0n) is 19.2. The minimum absolute atomic E-state index is 0.00783. The minimum atomic E-state index is -4.16. The van der Waals surface area contributed by atoms with Crippen LogP contribution in [0.4, 0.5) is 5.69 Å². The first-order valence-corrected chi connectivity index (χ1v) is 12.9. The molecule has 1 N–H and O–H groups in total. The van der Waals surface area contributed by atoms with E-state index >= 15 is 0 Å². The molecule has 184 valence electrons. The molecule has 10 heteroatoms. The SMILES string of the molecule is CNC(=O)[C@H](C)N(Cc1cccc(Cl)c1)C(=O)CN(c1ccccc1Cl)S(=O)(=O)c1ccccc1. The van der Waals surface area contributed by atoms with Crippen LogP contribution in [0.1, 0.15) is 12.5 Å². The van der Waals surface area contributed by atoms with Crippen LogP contribution in [0.2, 0.25) is 10.0 Å². The molecule has 0 radical (unpaired) electrons. The second-order valence-electron chi connectivity index (χ2n) is 7.72. The molecule has 0 spiro atoms. The third kappa shape index (κ3) is 6.33. The number of benzene rings is 3. The van der Waals surface area contributed by atoms with Gasteiger partial charge in [0.15, 0.2) is 0 Å². The van der Waals surface area contributed by atoms with Crippen LogP contribution in [0, 0.1) is 0 Å². The summed E-state index contributed by atoms with van der Waals surface area (Å²) in [4.78, 5) is 27.4. The Kier molecular flexibility index (Phi) is 8.77. The van der Waals surface area contributed by atoms with E-state index in [0.717, 1.165) is 4.31 Å². The van der Waals surface area contributed by atoms with Gasteiger partial charge in [0.25, 0.3) is 10.0 Å². The first kappa shape index (κ1) is 26.5. The Bertz CT molecular complexity index is 1300. The monoisotopic (exact) mass is 533 g/mol. The van der Waals surface area contributed by atoms with Gasteiger partial charge in [-0.05, 0) is 48.9 Å². The maximum absolute atomic E-state index is 13.6. The number of anilines is 1. The van der Waals surface area contributed by atoms with Crippen molar-refractivity contribution < 1.29 is 18.0 Å². The molecule has 35 heavy (non-hydrogen) atoms. The molecule has 1 atom stereocenters. The maximum Gasteiger partial charge on any atom is 0.264 e. The van der Waals surface area contributed by atoms with Gasteiger partial charge in [-0.1, -0.05) is 65.7 Å². The van der Waals surface area contributed by atoms with E-state index in [1.807, 2.05) is 0 Å². The number of sulfonamides is 1. The van der Waals surface area contributed by atoms with Crippen molar-refractivity contribution in [3.8, 4) is 0 Å². The smallest absolute Gasteiger partial charge is 0.264 e. The van der Waals surface area contributed by atoms with Gasteiger partial charge in [0.1, 0.15) is 12.6 Å². The number of rotatable bonds is 9. The average Bonchev–Trinajstić information content (AvgIpc) is 2.85. The first-order valence-electron chi connectivity index (χ1n) is 10.7. The lowest BCUT2D eigenvalue weighted by Gasteiger charge is -2.32. The highest BCUT2D eigenvalue weighted by Gasteiger charge is 2.33. The lowest BCUT2D eigenvalue weighted by molar-refractivity contribution is -0.139. The summed E-state index contributed by atoms with van der Waals surface area (Å²) in [5, 5.41) is 3.18. The Morgan fingerprint density at radius 2 is 1.60 bits per heavy atom. The standard InChI is InChI=1S/C25H25Cl2N3O4S/c1-18(25(32)28-2)29(16-19-9-8-10-20(26)15-19)24(31)17-30(23-14-7-6-13-22(23)27)35(33,34)21-11-4-3-5-12-21/h3-15,18H,16-17H2,1-2H3,(H,28,32)/t18-/m0/s1. The predicted octanol–water partition coefficient (Wildman–Crippen LogP) is 4.35. The Labute approximate surface area is 215 Å². The van der Waals surface area contributed by atoms with E-state index in [1.165, 1.54) is 30.1 Å². The van der Waals surface area contributed by atoms with E-state index < -0.39 is 34.4 Å². The Balaban J connectivity index is 2.04. The van der Waals surface area contributed by atoms with Gasteiger partial charge in [0.2, 0.25) is 11.8 Å².